The van der Waals surface area contributed by atoms with Gasteiger partial charge in [0.2, 0.25) is 15.9 Å². The summed E-state index contributed by atoms with van der Waals surface area (Å²) in [5.74, 6) is 0.795. The number of fused-ring (bicyclic) bond motifs is 1. The molecule has 12 heteroatoms. The number of H-pyrrole nitrogens is 1. The van der Waals surface area contributed by atoms with Gasteiger partial charge in [-0.15, -0.1) is 0 Å². The second kappa shape index (κ2) is 11.2. The minimum absolute atomic E-state index is 0.0210. The first-order chi connectivity index (χ1) is 13.2. The van der Waals surface area contributed by atoms with Crippen LogP contribution in [0.25, 0.3) is 10.9 Å². The molecule has 1 amide bonds. The van der Waals surface area contributed by atoms with Gasteiger partial charge in [-0.25, -0.2) is 13.1 Å². The van der Waals surface area contributed by atoms with Gasteiger partial charge >= 0.3 is 0 Å². The van der Waals surface area contributed by atoms with Gasteiger partial charge in [0.25, 0.3) is 6.47 Å². The lowest BCUT2D eigenvalue weighted by atomic mass is 10.2. The van der Waals surface area contributed by atoms with Crippen LogP contribution in [0.4, 0.5) is 5.82 Å². The Bertz CT molecular complexity index is 881. The lowest BCUT2D eigenvalue weighted by molar-refractivity contribution is -0.123. The number of rotatable bonds is 9. The Morgan fingerprint density at radius 3 is 2.68 bits per heavy atom. The number of anilines is 1. The Kier molecular flexibility index (Phi) is 9.35. The first kappa shape index (κ1) is 23.3. The van der Waals surface area contributed by atoms with Crippen molar-refractivity contribution in [2.75, 3.05) is 45.4 Å². The largest absolute Gasteiger partial charge is 0.492 e. The van der Waals surface area contributed by atoms with Crippen LogP contribution in [0.3, 0.4) is 0 Å². The van der Waals surface area contributed by atoms with Crippen molar-refractivity contribution < 1.29 is 27.9 Å². The van der Waals surface area contributed by atoms with Crippen molar-refractivity contribution in [1.29, 1.82) is 0 Å². The average molecular weight is 415 g/mol. The molecule has 2 rings (SSSR count). The van der Waals surface area contributed by atoms with Crippen LogP contribution in [-0.2, 0) is 19.6 Å². The van der Waals surface area contributed by atoms with E-state index in [9.17, 15) is 13.2 Å². The minimum Gasteiger partial charge on any atom is -0.492 e. The molecule has 0 unspecified atom stereocenters. The minimum atomic E-state index is -3.30. The zero-order valence-electron chi connectivity index (χ0n) is 15.9. The summed E-state index contributed by atoms with van der Waals surface area (Å²) in [6, 6.07) is 5.45. The number of benzene rings is 1. The summed E-state index contributed by atoms with van der Waals surface area (Å²) in [7, 11) is 0.645. The lowest BCUT2D eigenvalue weighted by Crippen LogP contribution is -2.26. The van der Waals surface area contributed by atoms with Gasteiger partial charge in [0.15, 0.2) is 5.82 Å². The molecule has 1 aromatic carbocycles. The molecule has 0 bridgehead atoms. The number of nitrogens with zero attached hydrogens (tertiary/aromatic N) is 2. The summed E-state index contributed by atoms with van der Waals surface area (Å²) in [6.07, 6.45) is 1.07. The van der Waals surface area contributed by atoms with Crippen molar-refractivity contribution in [2.24, 2.45) is 0 Å². The van der Waals surface area contributed by atoms with Gasteiger partial charge in [-0.05, 0) is 26.2 Å². The topological polar surface area (TPSA) is 154 Å². The Balaban J connectivity index is 0.00000122. The number of aromatic nitrogens is 2. The van der Waals surface area contributed by atoms with Crippen LogP contribution in [0.15, 0.2) is 18.2 Å². The molecule has 156 valence electrons. The van der Waals surface area contributed by atoms with E-state index in [1.54, 1.807) is 0 Å². The predicted molar refractivity (Wildman–Crippen MR) is 105 cm³/mol. The SMILES string of the molecule is CN(C)CCOc1ccc2c(NC(=O)CCNS(C)(=O)=O)n[nH]c2c1.O=CO. The van der Waals surface area contributed by atoms with Gasteiger partial charge < -0.3 is 20.1 Å². The second-order valence-electron chi connectivity index (χ2n) is 6.00. The monoisotopic (exact) mass is 415 g/mol. The van der Waals surface area contributed by atoms with Gasteiger partial charge in [-0.1, -0.05) is 0 Å². The van der Waals surface area contributed by atoms with E-state index < -0.39 is 10.0 Å². The van der Waals surface area contributed by atoms with Crippen LogP contribution in [0.5, 0.6) is 5.75 Å². The average Bonchev–Trinajstić information content (AvgIpc) is 2.96. The highest BCUT2D eigenvalue weighted by Gasteiger charge is 2.11. The summed E-state index contributed by atoms with van der Waals surface area (Å²) in [5.41, 5.74) is 0.743. The highest BCUT2D eigenvalue weighted by molar-refractivity contribution is 7.88. The predicted octanol–water partition coefficient (Wildman–Crippen LogP) is 0.0819. The third-order valence-electron chi connectivity index (χ3n) is 3.32. The fourth-order valence-corrected chi connectivity index (χ4v) is 2.55. The van der Waals surface area contributed by atoms with Crippen LogP contribution in [0, 0.1) is 0 Å². The van der Waals surface area contributed by atoms with E-state index in [1.807, 2.05) is 37.2 Å². The second-order valence-corrected chi connectivity index (χ2v) is 7.83. The maximum absolute atomic E-state index is 11.9. The van der Waals surface area contributed by atoms with E-state index in [0.717, 1.165) is 23.7 Å². The number of amides is 1. The number of nitrogens with one attached hydrogen (secondary N) is 3. The molecule has 0 aliphatic carbocycles. The smallest absolute Gasteiger partial charge is 0.290 e. The van der Waals surface area contributed by atoms with Crippen molar-refractivity contribution in [1.82, 2.24) is 19.8 Å². The molecule has 0 radical (unpaired) electrons. The summed E-state index contributed by atoms with van der Waals surface area (Å²) in [4.78, 5) is 22.3. The number of ether oxygens (including phenoxy) is 1. The summed E-state index contributed by atoms with van der Waals surface area (Å²) < 4.78 is 29.9. The highest BCUT2D eigenvalue weighted by Crippen LogP contribution is 2.24. The quantitative estimate of drug-likeness (QED) is 0.420. The maximum atomic E-state index is 11.9. The van der Waals surface area contributed by atoms with Crippen LogP contribution < -0.4 is 14.8 Å². The van der Waals surface area contributed by atoms with E-state index in [0.29, 0.717) is 18.2 Å². The standard InChI is InChI=1S/C15H23N5O4S.CH2O2/c1-20(2)8-9-24-11-4-5-12-13(10-11)18-19-15(12)17-14(21)6-7-16-25(3,22)23;2-1-3/h4-5,10,16H,6-9H2,1-3H3,(H2,17,18,19,21);1H,(H,2,3). The molecular weight excluding hydrogens is 390 g/mol. The number of hydrogen-bond donors (Lipinski definition) is 4. The van der Waals surface area contributed by atoms with Crippen LogP contribution in [-0.4, -0.2) is 81.0 Å². The number of carbonyl (C=O) groups is 2. The number of hydrogen-bond acceptors (Lipinski definition) is 7. The molecule has 0 saturated heterocycles. The van der Waals surface area contributed by atoms with Crippen LogP contribution in [0.1, 0.15) is 6.42 Å². The third-order valence-corrected chi connectivity index (χ3v) is 4.04. The van der Waals surface area contributed by atoms with Crippen molar-refractivity contribution in [3.8, 4) is 5.75 Å². The fourth-order valence-electron chi connectivity index (χ4n) is 2.07. The normalized spacial score (nSPS) is 11.0. The molecule has 0 atom stereocenters. The number of carbonyl (C=O) groups excluding carboxylic acids is 1. The van der Waals surface area contributed by atoms with Gasteiger partial charge in [-0.3, -0.25) is 14.7 Å². The molecule has 2 aromatic rings. The van der Waals surface area contributed by atoms with Gasteiger partial charge in [0.1, 0.15) is 12.4 Å². The van der Waals surface area contributed by atoms with Crippen molar-refractivity contribution in [2.45, 2.75) is 6.42 Å². The molecule has 28 heavy (non-hydrogen) atoms. The molecule has 11 nitrogen and oxygen atoms in total. The van der Waals surface area contributed by atoms with Crippen molar-refractivity contribution in [3.05, 3.63) is 18.2 Å². The van der Waals surface area contributed by atoms with Gasteiger partial charge in [-0.2, -0.15) is 5.10 Å². The first-order valence-electron chi connectivity index (χ1n) is 8.24. The van der Waals surface area contributed by atoms with Crippen LogP contribution >= 0.6 is 0 Å². The molecule has 1 aromatic heterocycles. The molecule has 1 heterocycles. The molecule has 0 fully saturated rings. The third kappa shape index (κ3) is 8.79. The number of carboxylic acid groups (broad SMARTS) is 1. The number of sulfonamides is 1. The number of aromatic amines is 1. The number of likely N-dealkylation sites (N-methyl/N-ethyl adjacent to an activating group) is 1. The van der Waals surface area contributed by atoms with E-state index in [1.165, 1.54) is 0 Å². The van der Waals surface area contributed by atoms with Crippen molar-refractivity contribution >= 4 is 39.1 Å². The molecule has 4 N–H and O–H groups in total. The zero-order valence-corrected chi connectivity index (χ0v) is 16.7. The molecule has 0 aliphatic rings. The fraction of sp³-hybridized carbons (Fsp3) is 0.438. The zero-order chi connectivity index (χ0) is 21.2. The van der Waals surface area contributed by atoms with Gasteiger partial charge in [0, 0.05) is 31.0 Å². The van der Waals surface area contributed by atoms with Gasteiger partial charge in [0.05, 0.1) is 11.8 Å². The maximum Gasteiger partial charge on any atom is 0.290 e. The van der Waals surface area contributed by atoms with E-state index in [2.05, 4.69) is 20.2 Å². The van der Waals surface area contributed by atoms with E-state index in [4.69, 9.17) is 14.6 Å². The molecule has 0 spiro atoms. The Hall–Kier alpha value is -2.70. The van der Waals surface area contributed by atoms with E-state index in [-0.39, 0.29) is 25.3 Å². The van der Waals surface area contributed by atoms with Crippen LogP contribution in [0.2, 0.25) is 0 Å². The lowest BCUT2D eigenvalue weighted by Gasteiger charge is -2.10. The Morgan fingerprint density at radius 1 is 1.39 bits per heavy atom. The highest BCUT2D eigenvalue weighted by atomic mass is 32.2. The summed E-state index contributed by atoms with van der Waals surface area (Å²) >= 11 is 0. The molecular formula is C16H25N5O6S. The van der Waals surface area contributed by atoms with E-state index >= 15 is 0 Å². The molecule has 0 saturated carbocycles. The first-order valence-corrected chi connectivity index (χ1v) is 10.1. The summed E-state index contributed by atoms with van der Waals surface area (Å²) in [6.45, 7) is 1.17. The Labute approximate surface area is 163 Å². The Morgan fingerprint density at radius 2 is 2.07 bits per heavy atom. The molecule has 0 aliphatic heterocycles. The summed E-state index contributed by atoms with van der Waals surface area (Å²) in [5, 5.41) is 17.2. The van der Waals surface area contributed by atoms with Crippen molar-refractivity contribution in [3.63, 3.8) is 0 Å².